The Kier molecular flexibility index (Phi) is 3.99. The monoisotopic (exact) mass is 282 g/mol. The first-order valence-electron chi connectivity index (χ1n) is 6.60. The summed E-state index contributed by atoms with van der Waals surface area (Å²) in [5.41, 5.74) is 0.948. The van der Waals surface area contributed by atoms with Gasteiger partial charge < -0.3 is 5.32 Å². The fourth-order valence-electron chi connectivity index (χ4n) is 2.71. The molecule has 2 rings (SSSR count). The first-order chi connectivity index (χ1) is 8.90. The zero-order chi connectivity index (χ0) is 14.0. The minimum Gasteiger partial charge on any atom is -0.382 e. The molecule has 5 heteroatoms. The molecule has 1 atom stereocenters. The van der Waals surface area contributed by atoms with E-state index in [1.54, 1.807) is 12.1 Å². The van der Waals surface area contributed by atoms with Crippen molar-refractivity contribution in [3.05, 3.63) is 33.3 Å². The van der Waals surface area contributed by atoms with Crippen LogP contribution in [0.2, 0.25) is 5.02 Å². The molecule has 0 bridgehead atoms. The second kappa shape index (κ2) is 5.37. The maximum Gasteiger partial charge on any atom is 0.289 e. The predicted octanol–water partition coefficient (Wildman–Crippen LogP) is 4.63. The van der Waals surface area contributed by atoms with E-state index in [0.29, 0.717) is 6.04 Å². The minimum absolute atomic E-state index is 0.0414. The molecule has 0 aromatic heterocycles. The SMILES string of the molecule is CC1(C)CCCCC1Nc1ccc(Cl)c([N+](=O)[O-])c1. The highest BCUT2D eigenvalue weighted by Gasteiger charge is 2.32. The summed E-state index contributed by atoms with van der Waals surface area (Å²) < 4.78 is 0. The second-order valence-electron chi connectivity index (χ2n) is 5.85. The van der Waals surface area contributed by atoms with Crippen molar-refractivity contribution in [2.45, 2.75) is 45.6 Å². The lowest BCUT2D eigenvalue weighted by Crippen LogP contribution is -2.38. The molecule has 0 saturated heterocycles. The summed E-state index contributed by atoms with van der Waals surface area (Å²) in [5, 5.41) is 14.5. The average Bonchev–Trinajstić information content (AvgIpc) is 2.33. The fraction of sp³-hybridized carbons (Fsp3) is 0.571. The lowest BCUT2D eigenvalue weighted by atomic mass is 9.73. The van der Waals surface area contributed by atoms with Crippen LogP contribution in [-0.4, -0.2) is 11.0 Å². The number of nitrogens with zero attached hydrogens (tertiary/aromatic N) is 1. The highest BCUT2D eigenvalue weighted by molar-refractivity contribution is 6.32. The van der Waals surface area contributed by atoms with Crippen molar-refractivity contribution in [3.8, 4) is 0 Å². The van der Waals surface area contributed by atoms with Crippen molar-refractivity contribution in [2.24, 2.45) is 5.41 Å². The average molecular weight is 283 g/mol. The van der Waals surface area contributed by atoms with Crippen molar-refractivity contribution in [1.29, 1.82) is 0 Å². The molecule has 0 heterocycles. The number of hydrogen-bond donors (Lipinski definition) is 1. The van der Waals surface area contributed by atoms with Gasteiger partial charge in [0.25, 0.3) is 5.69 Å². The van der Waals surface area contributed by atoms with E-state index in [1.165, 1.54) is 25.3 Å². The maximum absolute atomic E-state index is 10.9. The molecule has 19 heavy (non-hydrogen) atoms. The number of benzene rings is 1. The molecule has 1 saturated carbocycles. The number of nitrogens with one attached hydrogen (secondary N) is 1. The van der Waals surface area contributed by atoms with Crippen LogP contribution < -0.4 is 5.32 Å². The summed E-state index contributed by atoms with van der Waals surface area (Å²) in [6, 6.07) is 5.26. The van der Waals surface area contributed by atoms with Crippen LogP contribution in [0.3, 0.4) is 0 Å². The van der Waals surface area contributed by atoms with Crippen molar-refractivity contribution in [1.82, 2.24) is 0 Å². The Hall–Kier alpha value is -1.29. The van der Waals surface area contributed by atoms with E-state index < -0.39 is 4.92 Å². The van der Waals surface area contributed by atoms with Crippen molar-refractivity contribution in [2.75, 3.05) is 5.32 Å². The van der Waals surface area contributed by atoms with Gasteiger partial charge in [-0.25, -0.2) is 0 Å². The molecular weight excluding hydrogens is 264 g/mol. The van der Waals surface area contributed by atoms with Gasteiger partial charge in [-0.2, -0.15) is 0 Å². The largest absolute Gasteiger partial charge is 0.382 e. The van der Waals surface area contributed by atoms with Crippen LogP contribution in [0, 0.1) is 15.5 Å². The molecule has 1 aliphatic rings. The third kappa shape index (κ3) is 3.18. The first kappa shape index (κ1) is 14.1. The Morgan fingerprint density at radius 3 is 2.79 bits per heavy atom. The molecule has 104 valence electrons. The number of rotatable bonds is 3. The van der Waals surface area contributed by atoms with E-state index in [0.717, 1.165) is 12.1 Å². The van der Waals surface area contributed by atoms with Crippen molar-refractivity contribution in [3.63, 3.8) is 0 Å². The molecule has 0 amide bonds. The zero-order valence-electron chi connectivity index (χ0n) is 11.3. The topological polar surface area (TPSA) is 55.2 Å². The second-order valence-corrected chi connectivity index (χ2v) is 6.26. The first-order valence-corrected chi connectivity index (χ1v) is 6.98. The summed E-state index contributed by atoms with van der Waals surface area (Å²) in [6.45, 7) is 4.49. The van der Waals surface area contributed by atoms with E-state index in [1.807, 2.05) is 0 Å². The summed E-state index contributed by atoms with van der Waals surface area (Å²) in [6.07, 6.45) is 4.74. The van der Waals surface area contributed by atoms with E-state index in [9.17, 15) is 10.1 Å². The zero-order valence-corrected chi connectivity index (χ0v) is 12.0. The molecular formula is C14H19ClN2O2. The van der Waals surface area contributed by atoms with Crippen LogP contribution in [0.4, 0.5) is 11.4 Å². The van der Waals surface area contributed by atoms with Gasteiger partial charge >= 0.3 is 0 Å². The van der Waals surface area contributed by atoms with Crippen LogP contribution >= 0.6 is 11.6 Å². The van der Waals surface area contributed by atoms with Gasteiger partial charge in [-0.15, -0.1) is 0 Å². The predicted molar refractivity (Wildman–Crippen MR) is 77.8 cm³/mol. The van der Waals surface area contributed by atoms with Gasteiger partial charge in [0.2, 0.25) is 0 Å². The summed E-state index contributed by atoms with van der Waals surface area (Å²) in [4.78, 5) is 10.4. The Bertz CT molecular complexity index is 488. The summed E-state index contributed by atoms with van der Waals surface area (Å²) >= 11 is 5.82. The van der Waals surface area contributed by atoms with Gasteiger partial charge in [-0.1, -0.05) is 38.3 Å². The lowest BCUT2D eigenvalue weighted by Gasteiger charge is -2.39. The Morgan fingerprint density at radius 2 is 2.16 bits per heavy atom. The molecule has 1 unspecified atom stereocenters. The third-order valence-electron chi connectivity index (χ3n) is 3.99. The fourth-order valence-corrected chi connectivity index (χ4v) is 2.89. The summed E-state index contributed by atoms with van der Waals surface area (Å²) in [5.74, 6) is 0. The Labute approximate surface area is 118 Å². The van der Waals surface area contributed by atoms with E-state index in [-0.39, 0.29) is 16.1 Å². The van der Waals surface area contributed by atoms with Crippen LogP contribution in [0.15, 0.2) is 18.2 Å². The van der Waals surface area contributed by atoms with Crippen LogP contribution in [0.1, 0.15) is 39.5 Å². The smallest absolute Gasteiger partial charge is 0.289 e. The van der Waals surface area contributed by atoms with Gasteiger partial charge in [0.05, 0.1) is 4.92 Å². The molecule has 0 aliphatic heterocycles. The van der Waals surface area contributed by atoms with Crippen molar-refractivity contribution < 1.29 is 4.92 Å². The van der Waals surface area contributed by atoms with Gasteiger partial charge in [0.15, 0.2) is 0 Å². The maximum atomic E-state index is 10.9. The third-order valence-corrected chi connectivity index (χ3v) is 4.31. The number of halogens is 1. The Balaban J connectivity index is 2.19. The Morgan fingerprint density at radius 1 is 1.42 bits per heavy atom. The van der Waals surface area contributed by atoms with Crippen LogP contribution in [0.25, 0.3) is 0 Å². The number of anilines is 1. The lowest BCUT2D eigenvalue weighted by molar-refractivity contribution is -0.384. The number of nitro benzene ring substituents is 1. The highest BCUT2D eigenvalue weighted by atomic mass is 35.5. The molecule has 1 aromatic rings. The van der Waals surface area contributed by atoms with E-state index in [4.69, 9.17) is 11.6 Å². The van der Waals surface area contributed by atoms with Gasteiger partial charge in [0.1, 0.15) is 5.02 Å². The van der Waals surface area contributed by atoms with E-state index in [2.05, 4.69) is 19.2 Å². The van der Waals surface area contributed by atoms with Gasteiger partial charge in [-0.3, -0.25) is 10.1 Å². The molecule has 0 radical (unpaired) electrons. The quantitative estimate of drug-likeness (QED) is 0.649. The minimum atomic E-state index is -0.445. The summed E-state index contributed by atoms with van der Waals surface area (Å²) in [7, 11) is 0. The number of hydrogen-bond acceptors (Lipinski definition) is 3. The number of nitro groups is 1. The molecule has 1 N–H and O–H groups in total. The standard InChI is InChI=1S/C14H19ClN2O2/c1-14(2)8-4-3-5-13(14)16-10-6-7-11(15)12(9-10)17(18)19/h6-7,9,13,16H,3-5,8H2,1-2H3. The highest BCUT2D eigenvalue weighted by Crippen LogP contribution is 2.38. The molecule has 1 fully saturated rings. The molecule has 1 aliphatic carbocycles. The normalized spacial score (nSPS) is 21.9. The molecule has 4 nitrogen and oxygen atoms in total. The van der Waals surface area contributed by atoms with Gasteiger partial charge in [-0.05, 0) is 30.4 Å². The molecule has 0 spiro atoms. The van der Waals surface area contributed by atoms with Crippen LogP contribution in [0.5, 0.6) is 0 Å². The van der Waals surface area contributed by atoms with E-state index >= 15 is 0 Å². The van der Waals surface area contributed by atoms with Crippen molar-refractivity contribution >= 4 is 23.0 Å². The van der Waals surface area contributed by atoms with Gasteiger partial charge in [0, 0.05) is 17.8 Å². The molecule has 1 aromatic carbocycles. The van der Waals surface area contributed by atoms with Crippen LogP contribution in [-0.2, 0) is 0 Å².